The van der Waals surface area contributed by atoms with Crippen molar-refractivity contribution in [3.8, 4) is 0 Å². The predicted octanol–water partition coefficient (Wildman–Crippen LogP) is -4.03. The number of rotatable bonds is 0. The maximum Gasteiger partial charge on any atom is 3.00 e. The molecule has 6 heteroatoms. The smallest absolute Gasteiger partial charge is 0.652 e. The number of carboxylic acid groups (broad SMARTS) is 2. The molecule has 0 saturated carbocycles. The summed E-state index contributed by atoms with van der Waals surface area (Å²) in [5, 5.41) is 16.7. The van der Waals surface area contributed by atoms with Crippen LogP contribution in [0.3, 0.4) is 0 Å². The molecule has 0 aliphatic carbocycles. The Balaban J connectivity index is -0.0000000150. The summed E-state index contributed by atoms with van der Waals surface area (Å²) in [4.78, 5) is 8.33. The van der Waals surface area contributed by atoms with Crippen LogP contribution in [0.25, 0.3) is 0 Å². The summed E-state index contributed by atoms with van der Waals surface area (Å²) in [5.74, 6) is 0. The minimum Gasteiger partial charge on any atom is -0.652 e. The average molecular weight is 129 g/mol. The maximum atomic E-state index is 8.33. The van der Waals surface area contributed by atoms with Crippen LogP contribution in [-0.2, 0) is 0 Å². The van der Waals surface area contributed by atoms with Crippen LogP contribution in [-0.4, -0.2) is 52.0 Å². The van der Waals surface area contributed by atoms with Crippen molar-refractivity contribution in [1.29, 1.82) is 0 Å². The van der Waals surface area contributed by atoms with Crippen molar-refractivity contribution in [2.75, 3.05) is 0 Å². The van der Waals surface area contributed by atoms with Crippen LogP contribution in [0.1, 0.15) is 0 Å². The third-order valence-electron chi connectivity index (χ3n) is 0. The van der Waals surface area contributed by atoms with Gasteiger partial charge in [0.1, 0.15) is 0 Å². The second kappa shape index (κ2) is 16.0. The fourth-order valence-corrected chi connectivity index (χ4v) is 0. The first kappa shape index (κ1) is 25.8. The van der Waals surface area contributed by atoms with Gasteiger partial charge in [0.05, 0.1) is 0 Å². The van der Waals surface area contributed by atoms with E-state index < -0.39 is 6.16 Å². The van der Waals surface area contributed by atoms with E-state index in [2.05, 4.69) is 0 Å². The molecular formula is CH2AlMgO4+3. The van der Waals surface area contributed by atoms with Gasteiger partial charge in [0.25, 0.3) is 0 Å². The summed E-state index contributed by atoms with van der Waals surface area (Å²) in [5.41, 5.74) is 0. The van der Waals surface area contributed by atoms with Gasteiger partial charge in [0.15, 0.2) is 0 Å². The Bertz CT molecular complexity index is 34.7. The molecule has 0 bridgehead atoms. The Kier molecular flexibility index (Phi) is 59.0. The van der Waals surface area contributed by atoms with Crippen LogP contribution < -0.4 is 10.2 Å². The standard InChI is InChI=1S/CH2O3.Al.Mg.H2O/c2-1(3)4;;;/h(H2,2,3,4);;;1H2/q;+3;+2;/p-2. The van der Waals surface area contributed by atoms with Gasteiger partial charge in [-0.1, -0.05) is 0 Å². The van der Waals surface area contributed by atoms with E-state index >= 15 is 0 Å². The third-order valence-corrected chi connectivity index (χ3v) is 0. The third kappa shape index (κ3) is 479. The summed E-state index contributed by atoms with van der Waals surface area (Å²) in [7, 11) is 0. The van der Waals surface area contributed by atoms with E-state index in [1.165, 1.54) is 0 Å². The molecule has 0 aliphatic heterocycles. The van der Waals surface area contributed by atoms with Gasteiger partial charge in [-0.25, -0.2) is 0 Å². The molecule has 0 aromatic carbocycles. The normalized spacial score (nSPS) is 3.43. The van der Waals surface area contributed by atoms with Crippen molar-refractivity contribution < 1.29 is 20.5 Å². The molecule has 0 fully saturated rings. The van der Waals surface area contributed by atoms with Crippen LogP contribution in [0, 0.1) is 0 Å². The Labute approximate surface area is 67.1 Å². The first-order valence-electron chi connectivity index (χ1n) is 0.612. The number of carbonyl (C=O) groups excluding carboxylic acids is 1. The summed E-state index contributed by atoms with van der Waals surface area (Å²) in [6.07, 6.45) is -2.33. The van der Waals surface area contributed by atoms with E-state index in [9.17, 15) is 0 Å². The quantitative estimate of drug-likeness (QED) is 0.312. The van der Waals surface area contributed by atoms with Gasteiger partial charge < -0.3 is 20.5 Å². The van der Waals surface area contributed by atoms with Crippen molar-refractivity contribution >= 4 is 46.6 Å². The number of hydrogen-bond acceptors (Lipinski definition) is 3. The molecule has 32 valence electrons. The van der Waals surface area contributed by atoms with Crippen LogP contribution in [0.2, 0.25) is 0 Å². The molecular weight excluding hydrogens is 127 g/mol. The number of carbonyl (C=O) groups is 1. The Morgan fingerprint density at radius 2 is 1.29 bits per heavy atom. The van der Waals surface area contributed by atoms with E-state index in [0.29, 0.717) is 0 Å². The summed E-state index contributed by atoms with van der Waals surface area (Å²) in [6.45, 7) is 0. The molecule has 0 saturated heterocycles. The van der Waals surface area contributed by atoms with Crippen LogP contribution in [0.5, 0.6) is 0 Å². The van der Waals surface area contributed by atoms with Gasteiger partial charge in [-0.3, -0.25) is 0 Å². The molecule has 0 aromatic heterocycles. The first-order chi connectivity index (χ1) is 1.73. The van der Waals surface area contributed by atoms with E-state index in [1.54, 1.807) is 0 Å². The van der Waals surface area contributed by atoms with Crippen molar-refractivity contribution in [3.63, 3.8) is 0 Å². The molecule has 2 N–H and O–H groups in total. The topological polar surface area (TPSA) is 94.7 Å². The van der Waals surface area contributed by atoms with Crippen LogP contribution in [0.4, 0.5) is 4.79 Å². The SMILES string of the molecule is O.O=C([O-])[O-].[Al+3].[Mg+2]. The van der Waals surface area contributed by atoms with E-state index in [1.807, 2.05) is 0 Å². The Morgan fingerprint density at radius 1 is 1.29 bits per heavy atom. The van der Waals surface area contributed by atoms with Gasteiger partial charge >= 0.3 is 40.4 Å². The zero-order valence-electron chi connectivity index (χ0n) is 3.51. The maximum absolute atomic E-state index is 8.33. The van der Waals surface area contributed by atoms with Crippen molar-refractivity contribution in [2.45, 2.75) is 0 Å². The van der Waals surface area contributed by atoms with Crippen molar-refractivity contribution in [1.82, 2.24) is 0 Å². The van der Waals surface area contributed by atoms with Gasteiger partial charge in [-0.05, 0) is 6.16 Å². The molecule has 0 atom stereocenters. The fraction of sp³-hybridized carbons (Fsp3) is 0. The summed E-state index contributed by atoms with van der Waals surface area (Å²) in [6, 6.07) is 0. The molecule has 7 heavy (non-hydrogen) atoms. The molecule has 0 amide bonds. The monoisotopic (exact) mass is 129 g/mol. The van der Waals surface area contributed by atoms with Crippen molar-refractivity contribution in [2.24, 2.45) is 0 Å². The molecule has 4 nitrogen and oxygen atoms in total. The van der Waals surface area contributed by atoms with Gasteiger partial charge in [0.2, 0.25) is 0 Å². The number of hydrogen-bond donors (Lipinski definition) is 0. The minimum atomic E-state index is -2.33. The minimum absolute atomic E-state index is 0. The van der Waals surface area contributed by atoms with Gasteiger partial charge in [-0.2, -0.15) is 0 Å². The molecule has 0 aliphatic rings. The van der Waals surface area contributed by atoms with Crippen LogP contribution >= 0.6 is 0 Å². The Morgan fingerprint density at radius 3 is 1.29 bits per heavy atom. The van der Waals surface area contributed by atoms with Gasteiger partial charge in [-0.15, -0.1) is 0 Å². The van der Waals surface area contributed by atoms with E-state index in [0.717, 1.165) is 0 Å². The molecule has 0 rings (SSSR count). The second-order valence-corrected chi connectivity index (χ2v) is 0.250. The van der Waals surface area contributed by atoms with E-state index in [-0.39, 0.29) is 45.9 Å². The summed E-state index contributed by atoms with van der Waals surface area (Å²) < 4.78 is 0. The first-order valence-corrected chi connectivity index (χ1v) is 0.612. The predicted molar refractivity (Wildman–Crippen MR) is 20.5 cm³/mol. The zero-order valence-corrected chi connectivity index (χ0v) is 6.08. The molecule has 0 radical (unpaired) electrons. The second-order valence-electron chi connectivity index (χ2n) is 0.250. The van der Waals surface area contributed by atoms with Gasteiger partial charge in [0, 0.05) is 0 Å². The largest absolute Gasteiger partial charge is 3.00 e. The molecule has 0 heterocycles. The molecule has 0 unspecified atom stereocenters. The zero-order chi connectivity index (χ0) is 3.58. The van der Waals surface area contributed by atoms with Crippen LogP contribution in [0.15, 0.2) is 0 Å². The summed E-state index contributed by atoms with van der Waals surface area (Å²) >= 11 is 0. The Hall–Kier alpha value is 0.529. The average Bonchev–Trinajstić information content (AvgIpc) is 0.811. The molecule has 0 spiro atoms. The fourth-order valence-electron chi connectivity index (χ4n) is 0. The van der Waals surface area contributed by atoms with Crippen molar-refractivity contribution in [3.05, 3.63) is 0 Å². The molecule has 0 aromatic rings. The van der Waals surface area contributed by atoms with E-state index in [4.69, 9.17) is 15.0 Å².